The van der Waals surface area contributed by atoms with Crippen LogP contribution in [0, 0.1) is 0 Å². The van der Waals surface area contributed by atoms with E-state index in [9.17, 15) is 0 Å². The van der Waals surface area contributed by atoms with Crippen molar-refractivity contribution in [3.63, 3.8) is 0 Å². The van der Waals surface area contributed by atoms with E-state index in [1.165, 1.54) is 130 Å². The summed E-state index contributed by atoms with van der Waals surface area (Å²) >= 11 is 0. The second kappa shape index (κ2) is 20.7. The Morgan fingerprint density at radius 3 is 0.957 bits per heavy atom. The van der Waals surface area contributed by atoms with E-state index in [-0.39, 0.29) is 0 Å². The van der Waals surface area contributed by atoms with Crippen LogP contribution in [-0.4, -0.2) is 0 Å². The average molecular weight is 631 g/mol. The van der Waals surface area contributed by atoms with Gasteiger partial charge >= 0.3 is 0 Å². The Balaban J connectivity index is 0.977. The van der Waals surface area contributed by atoms with Crippen LogP contribution in [0.5, 0.6) is 0 Å². The van der Waals surface area contributed by atoms with Gasteiger partial charge in [0.25, 0.3) is 0 Å². The summed E-state index contributed by atoms with van der Waals surface area (Å²) < 4.78 is 0. The lowest BCUT2D eigenvalue weighted by atomic mass is 9.94. The van der Waals surface area contributed by atoms with Crippen molar-refractivity contribution in [3.05, 3.63) is 129 Å². The molecule has 4 rings (SSSR count). The molecule has 0 radical (unpaired) electrons. The summed E-state index contributed by atoms with van der Waals surface area (Å²) in [6, 6.07) is 30.9. The van der Waals surface area contributed by atoms with Crippen LogP contribution in [0.2, 0.25) is 0 Å². The van der Waals surface area contributed by atoms with Gasteiger partial charge < -0.3 is 11.5 Å². The van der Waals surface area contributed by atoms with Gasteiger partial charge in [0.1, 0.15) is 0 Å². The van der Waals surface area contributed by atoms with Gasteiger partial charge in [-0.05, 0) is 120 Å². The quantitative estimate of drug-likeness (QED) is 0.0670. The summed E-state index contributed by atoms with van der Waals surface area (Å²) in [6.07, 6.45) is 24.7. The molecule has 4 aromatic carbocycles. The molecule has 0 saturated heterocycles. The van der Waals surface area contributed by atoms with Gasteiger partial charge in [-0.3, -0.25) is 0 Å². The molecule has 0 heterocycles. The van der Waals surface area contributed by atoms with Crippen molar-refractivity contribution < 1.29 is 0 Å². The molecule has 2 nitrogen and oxygen atoms in total. The van der Waals surface area contributed by atoms with Crippen molar-refractivity contribution in [1.29, 1.82) is 0 Å². The summed E-state index contributed by atoms with van der Waals surface area (Å²) in [5.41, 5.74) is 25.0. The normalized spacial score (nSPS) is 11.3. The minimum Gasteiger partial charge on any atom is -0.399 e. The second-order valence-electron chi connectivity index (χ2n) is 13.8. The molecule has 0 saturated carbocycles. The zero-order valence-electron chi connectivity index (χ0n) is 29.7. The van der Waals surface area contributed by atoms with Crippen LogP contribution in [0.25, 0.3) is 0 Å². The van der Waals surface area contributed by atoms with Crippen molar-refractivity contribution in [2.45, 2.75) is 136 Å². The largest absolute Gasteiger partial charge is 0.399 e. The van der Waals surface area contributed by atoms with Crippen LogP contribution in [0.15, 0.2) is 84.9 Å². The van der Waals surface area contributed by atoms with E-state index < -0.39 is 0 Å². The van der Waals surface area contributed by atoms with Crippen molar-refractivity contribution >= 4 is 11.4 Å². The maximum absolute atomic E-state index is 5.85. The first-order chi connectivity index (χ1) is 23.0. The van der Waals surface area contributed by atoms with Gasteiger partial charge in [0.05, 0.1) is 0 Å². The summed E-state index contributed by atoms with van der Waals surface area (Å²) in [4.78, 5) is 0. The van der Waals surface area contributed by atoms with E-state index in [4.69, 9.17) is 11.5 Å². The fourth-order valence-electron chi connectivity index (χ4n) is 7.04. The highest BCUT2D eigenvalue weighted by Crippen LogP contribution is 2.22. The highest BCUT2D eigenvalue weighted by atomic mass is 14.5. The number of nitrogen functional groups attached to an aromatic ring is 2. The first kappa shape index (κ1) is 36.3. The number of anilines is 2. The highest BCUT2D eigenvalue weighted by molar-refractivity contribution is 5.43. The highest BCUT2D eigenvalue weighted by Gasteiger charge is 2.06. The summed E-state index contributed by atoms with van der Waals surface area (Å²) in [7, 11) is 0. The van der Waals surface area contributed by atoms with Gasteiger partial charge in [0, 0.05) is 11.4 Å². The number of rotatable bonds is 22. The summed E-state index contributed by atoms with van der Waals surface area (Å²) in [5, 5.41) is 0. The molecule has 0 aliphatic heterocycles. The van der Waals surface area contributed by atoms with Crippen molar-refractivity contribution in [1.82, 2.24) is 0 Å². The van der Waals surface area contributed by atoms with Gasteiger partial charge in [-0.15, -0.1) is 0 Å². The molecule has 0 atom stereocenters. The second-order valence-corrected chi connectivity index (χ2v) is 13.8. The van der Waals surface area contributed by atoms with Gasteiger partial charge in [-0.25, -0.2) is 0 Å². The monoisotopic (exact) mass is 630 g/mol. The topological polar surface area (TPSA) is 52.0 Å². The van der Waals surface area contributed by atoms with Gasteiger partial charge in [0.15, 0.2) is 0 Å². The van der Waals surface area contributed by atoms with E-state index in [0.29, 0.717) is 0 Å². The Bertz CT molecular complexity index is 1320. The number of unbranched alkanes of at least 4 members (excludes halogenated alkanes) is 12. The molecular weight excluding hydrogens is 569 g/mol. The van der Waals surface area contributed by atoms with E-state index >= 15 is 0 Å². The average Bonchev–Trinajstić information content (AvgIpc) is 3.09. The SMILES string of the molecule is CCc1cc(Cc2ccc(N)cc2)ccc1CCCCCCCCCCCCCCCc1ccc(Cc2ccc(N)cc2)cc1CC. The smallest absolute Gasteiger partial charge is 0.0314 e. The molecule has 0 bridgehead atoms. The van der Waals surface area contributed by atoms with Crippen molar-refractivity contribution in [2.24, 2.45) is 0 Å². The Labute approximate surface area is 287 Å². The molecule has 2 heteroatoms. The number of aryl methyl sites for hydroxylation is 4. The molecule has 0 aliphatic rings. The Hall–Kier alpha value is -3.52. The van der Waals surface area contributed by atoms with Crippen molar-refractivity contribution in [3.8, 4) is 0 Å². The van der Waals surface area contributed by atoms with E-state index in [1.54, 1.807) is 11.1 Å². The maximum atomic E-state index is 5.85. The fraction of sp³-hybridized carbons (Fsp3) is 0.467. The number of benzene rings is 4. The van der Waals surface area contributed by atoms with Crippen LogP contribution >= 0.6 is 0 Å². The predicted octanol–water partition coefficient (Wildman–Crippen LogP) is 12.0. The molecule has 0 unspecified atom stereocenters. The zero-order valence-corrected chi connectivity index (χ0v) is 29.7. The molecule has 252 valence electrons. The van der Waals surface area contributed by atoms with E-state index in [1.807, 2.05) is 24.3 Å². The molecule has 0 aromatic heterocycles. The van der Waals surface area contributed by atoms with E-state index in [2.05, 4.69) is 74.5 Å². The number of hydrogen-bond donors (Lipinski definition) is 2. The molecule has 0 amide bonds. The van der Waals surface area contributed by atoms with Crippen LogP contribution in [0.4, 0.5) is 11.4 Å². The maximum Gasteiger partial charge on any atom is 0.0314 e. The third kappa shape index (κ3) is 13.3. The lowest BCUT2D eigenvalue weighted by molar-refractivity contribution is 0.536. The van der Waals surface area contributed by atoms with E-state index in [0.717, 1.165) is 37.1 Å². The minimum atomic E-state index is 0.835. The molecular formula is C45H62N2. The van der Waals surface area contributed by atoms with Crippen LogP contribution in [0.3, 0.4) is 0 Å². The summed E-state index contributed by atoms with van der Waals surface area (Å²) in [5.74, 6) is 0. The van der Waals surface area contributed by atoms with Gasteiger partial charge in [0.2, 0.25) is 0 Å². The lowest BCUT2D eigenvalue weighted by Gasteiger charge is -2.11. The number of nitrogens with two attached hydrogens (primary N) is 2. The minimum absolute atomic E-state index is 0.835. The Morgan fingerprint density at radius 1 is 0.340 bits per heavy atom. The van der Waals surface area contributed by atoms with Gasteiger partial charge in [-0.1, -0.05) is 145 Å². The molecule has 47 heavy (non-hydrogen) atoms. The molecule has 0 aliphatic carbocycles. The molecule has 4 aromatic rings. The summed E-state index contributed by atoms with van der Waals surface area (Å²) in [6.45, 7) is 4.58. The predicted molar refractivity (Wildman–Crippen MR) is 206 cm³/mol. The third-order valence-corrected chi connectivity index (χ3v) is 9.97. The number of hydrogen-bond acceptors (Lipinski definition) is 2. The fourth-order valence-corrected chi connectivity index (χ4v) is 7.04. The lowest BCUT2D eigenvalue weighted by Crippen LogP contribution is -1.97. The molecule has 0 fully saturated rings. The molecule has 4 N–H and O–H groups in total. The van der Waals surface area contributed by atoms with Crippen molar-refractivity contribution in [2.75, 3.05) is 11.5 Å². The Morgan fingerprint density at radius 2 is 0.638 bits per heavy atom. The molecule has 0 spiro atoms. The van der Waals surface area contributed by atoms with Gasteiger partial charge in [-0.2, -0.15) is 0 Å². The third-order valence-electron chi connectivity index (χ3n) is 9.97. The Kier molecular flexibility index (Phi) is 16.0. The van der Waals surface area contributed by atoms with Crippen LogP contribution < -0.4 is 11.5 Å². The first-order valence-corrected chi connectivity index (χ1v) is 18.9. The zero-order chi connectivity index (χ0) is 33.1. The standard InChI is InChI=1S/C45H62N2/c1-3-40-34-38(32-36-22-28-44(46)29-23-36)20-26-42(40)18-16-14-12-10-8-6-5-7-9-11-13-15-17-19-43-27-21-39(35-41(43)4-2)33-37-24-30-45(47)31-25-37/h20-31,34-35H,3-19,32-33,46-47H2,1-2H3. The van der Waals surface area contributed by atoms with Crippen LogP contribution in [-0.2, 0) is 38.5 Å². The first-order valence-electron chi connectivity index (χ1n) is 18.9. The van der Waals surface area contributed by atoms with Crippen LogP contribution in [0.1, 0.15) is 142 Å².